The van der Waals surface area contributed by atoms with E-state index in [2.05, 4.69) is 9.80 Å². The summed E-state index contributed by atoms with van der Waals surface area (Å²) in [5, 5.41) is 1.32. The summed E-state index contributed by atoms with van der Waals surface area (Å²) in [7, 11) is -3.51. The fraction of sp³-hybridized carbons (Fsp3) is 0.300. The van der Waals surface area contributed by atoms with E-state index in [1.54, 1.807) is 4.90 Å². The third kappa shape index (κ3) is 6.21. The lowest BCUT2D eigenvalue weighted by Gasteiger charge is -2.42. The van der Waals surface area contributed by atoms with Gasteiger partial charge in [0.15, 0.2) is 9.84 Å². The molecule has 5 rings (SSSR count). The summed E-state index contributed by atoms with van der Waals surface area (Å²) in [6.45, 7) is 3.55. The zero-order chi connectivity index (χ0) is 28.4. The van der Waals surface area contributed by atoms with Crippen molar-refractivity contribution in [3.8, 4) is 0 Å². The first-order valence-corrected chi connectivity index (χ1v) is 15.8. The van der Waals surface area contributed by atoms with Crippen LogP contribution in [0.25, 0.3) is 4.91 Å². The standard InChI is InChI=1S/C30H32Cl2N4O3S/c1-40(38,39)30(23-3-2-4-27(17-23)34-13-15-35(16-14-34)28(37)18-33)24-19-36(20-24)29(21-5-9-25(31)10-6-21)22-7-11-26(32)12-8-22/h2-12,17,29H,13-16,18-20,33H2,1H3. The van der Waals surface area contributed by atoms with Crippen LogP contribution in [0.3, 0.4) is 0 Å². The summed E-state index contributed by atoms with van der Waals surface area (Å²) in [5.41, 5.74) is 10.2. The van der Waals surface area contributed by atoms with E-state index in [0.717, 1.165) is 22.4 Å². The van der Waals surface area contributed by atoms with Crippen molar-refractivity contribution in [3.05, 3.63) is 105 Å². The maximum Gasteiger partial charge on any atom is 0.236 e. The van der Waals surface area contributed by atoms with Crippen LogP contribution in [-0.4, -0.2) is 76.2 Å². The quantitative estimate of drug-likeness (QED) is 0.432. The van der Waals surface area contributed by atoms with Gasteiger partial charge in [-0.05, 0) is 58.7 Å². The molecule has 2 heterocycles. The first-order chi connectivity index (χ1) is 19.1. The van der Waals surface area contributed by atoms with Crippen molar-refractivity contribution in [1.82, 2.24) is 9.80 Å². The van der Waals surface area contributed by atoms with Crippen LogP contribution < -0.4 is 10.6 Å². The van der Waals surface area contributed by atoms with E-state index >= 15 is 0 Å². The summed E-state index contributed by atoms with van der Waals surface area (Å²) >= 11 is 12.3. The highest BCUT2D eigenvalue weighted by Crippen LogP contribution is 2.39. The highest BCUT2D eigenvalue weighted by atomic mass is 35.5. The molecule has 3 aromatic rings. The molecule has 0 atom stereocenters. The van der Waals surface area contributed by atoms with Crippen LogP contribution in [0, 0.1) is 0 Å². The molecule has 0 radical (unpaired) electrons. The molecular weight excluding hydrogens is 567 g/mol. The van der Waals surface area contributed by atoms with E-state index in [1.807, 2.05) is 72.8 Å². The summed E-state index contributed by atoms with van der Waals surface area (Å²) < 4.78 is 26.2. The second-order valence-corrected chi connectivity index (χ2v) is 13.1. The van der Waals surface area contributed by atoms with Crippen molar-refractivity contribution in [2.24, 2.45) is 5.73 Å². The van der Waals surface area contributed by atoms with Crippen molar-refractivity contribution in [1.29, 1.82) is 0 Å². The smallest absolute Gasteiger partial charge is 0.236 e. The predicted octanol–water partition coefficient (Wildman–Crippen LogP) is 4.46. The Kier molecular flexibility index (Phi) is 8.54. The number of carbonyl (C=O) groups is 1. The minimum Gasteiger partial charge on any atom is -0.368 e. The zero-order valence-corrected chi connectivity index (χ0v) is 24.6. The summed E-state index contributed by atoms with van der Waals surface area (Å²) in [5.74, 6) is -0.0532. The first kappa shape index (κ1) is 28.6. The number of benzene rings is 3. The van der Waals surface area contributed by atoms with Gasteiger partial charge in [-0.15, -0.1) is 0 Å². The van der Waals surface area contributed by atoms with Crippen LogP contribution in [0.2, 0.25) is 10.0 Å². The van der Waals surface area contributed by atoms with Gasteiger partial charge in [-0.1, -0.05) is 59.6 Å². The number of nitrogens with zero attached hydrogens (tertiary/aromatic N) is 3. The molecule has 0 unspecified atom stereocenters. The van der Waals surface area contributed by atoms with Crippen LogP contribution in [0.5, 0.6) is 0 Å². The van der Waals surface area contributed by atoms with Gasteiger partial charge < -0.3 is 15.5 Å². The van der Waals surface area contributed by atoms with E-state index in [4.69, 9.17) is 28.9 Å². The van der Waals surface area contributed by atoms with Gasteiger partial charge in [0.25, 0.3) is 0 Å². The van der Waals surface area contributed by atoms with Crippen molar-refractivity contribution in [2.45, 2.75) is 6.04 Å². The van der Waals surface area contributed by atoms with Gasteiger partial charge in [-0.2, -0.15) is 0 Å². The van der Waals surface area contributed by atoms with E-state index in [1.165, 1.54) is 6.26 Å². The van der Waals surface area contributed by atoms with Crippen molar-refractivity contribution in [3.63, 3.8) is 0 Å². The lowest BCUT2D eigenvalue weighted by molar-refractivity contribution is -0.129. The molecule has 2 saturated heterocycles. The topological polar surface area (TPSA) is 87.0 Å². The Morgan fingerprint density at radius 2 is 1.43 bits per heavy atom. The van der Waals surface area contributed by atoms with Gasteiger partial charge in [0, 0.05) is 61.3 Å². The van der Waals surface area contributed by atoms with E-state index in [9.17, 15) is 13.2 Å². The summed E-state index contributed by atoms with van der Waals surface area (Å²) in [6.07, 6.45) is 1.28. The highest BCUT2D eigenvalue weighted by molar-refractivity contribution is 8.00. The minimum absolute atomic E-state index is 0.00862. The summed E-state index contributed by atoms with van der Waals surface area (Å²) in [4.78, 5) is 18.5. The molecule has 2 fully saturated rings. The number of rotatable bonds is 7. The molecule has 0 aliphatic carbocycles. The summed E-state index contributed by atoms with van der Waals surface area (Å²) in [6, 6.07) is 23.1. The second kappa shape index (κ2) is 11.9. The molecule has 3 aromatic carbocycles. The number of carbonyl (C=O) groups excluding carboxylic acids is 1. The third-order valence-corrected chi connectivity index (χ3v) is 9.27. The lowest BCUT2D eigenvalue weighted by Crippen LogP contribution is -2.50. The van der Waals surface area contributed by atoms with Gasteiger partial charge in [0.05, 0.1) is 17.5 Å². The SMILES string of the molecule is CS(=O)(=O)C(=C1CN(C(c2ccc(Cl)cc2)c2ccc(Cl)cc2)C1)c1cccc(N2CCN(C(=O)CN)CC2)c1. The van der Waals surface area contributed by atoms with Crippen molar-refractivity contribution < 1.29 is 13.2 Å². The maximum absolute atomic E-state index is 13.1. The van der Waals surface area contributed by atoms with Gasteiger partial charge in [-0.25, -0.2) is 8.42 Å². The number of piperazine rings is 1. The number of sulfone groups is 1. The number of anilines is 1. The predicted molar refractivity (Wildman–Crippen MR) is 162 cm³/mol. The minimum atomic E-state index is -3.51. The Bertz CT molecular complexity index is 1460. The number of amides is 1. The molecular formula is C30H32Cl2N4O3S. The maximum atomic E-state index is 13.1. The van der Waals surface area contributed by atoms with E-state index in [0.29, 0.717) is 59.8 Å². The van der Waals surface area contributed by atoms with Gasteiger partial charge in [-0.3, -0.25) is 9.69 Å². The molecule has 7 nitrogen and oxygen atoms in total. The first-order valence-electron chi connectivity index (χ1n) is 13.1. The van der Waals surface area contributed by atoms with Crippen molar-refractivity contribution >= 4 is 49.5 Å². The zero-order valence-electron chi connectivity index (χ0n) is 22.3. The normalized spacial score (nSPS) is 16.3. The molecule has 0 saturated carbocycles. The Balaban J connectivity index is 1.42. The number of hydrogen-bond donors (Lipinski definition) is 1. The average molecular weight is 600 g/mol. The fourth-order valence-corrected chi connectivity index (χ4v) is 7.00. The molecule has 2 aliphatic rings. The second-order valence-electron chi connectivity index (χ2n) is 10.2. The molecule has 10 heteroatoms. The van der Waals surface area contributed by atoms with Crippen LogP contribution in [0.1, 0.15) is 22.7 Å². The fourth-order valence-electron chi connectivity index (χ4n) is 5.54. The van der Waals surface area contributed by atoms with Crippen LogP contribution in [-0.2, 0) is 14.6 Å². The Morgan fingerprint density at radius 1 is 0.875 bits per heavy atom. The number of halogens is 2. The Hall–Kier alpha value is -2.88. The van der Waals surface area contributed by atoms with E-state index < -0.39 is 9.84 Å². The van der Waals surface area contributed by atoms with E-state index in [-0.39, 0.29) is 18.5 Å². The molecule has 0 aromatic heterocycles. The molecule has 1 amide bonds. The van der Waals surface area contributed by atoms with Gasteiger partial charge in [0.2, 0.25) is 5.91 Å². The highest BCUT2D eigenvalue weighted by Gasteiger charge is 2.35. The average Bonchev–Trinajstić information content (AvgIpc) is 2.92. The third-order valence-electron chi connectivity index (χ3n) is 7.50. The van der Waals surface area contributed by atoms with Crippen LogP contribution in [0.15, 0.2) is 78.4 Å². The monoisotopic (exact) mass is 598 g/mol. The number of nitrogens with two attached hydrogens (primary N) is 1. The largest absolute Gasteiger partial charge is 0.368 e. The van der Waals surface area contributed by atoms with Crippen LogP contribution in [0.4, 0.5) is 5.69 Å². The van der Waals surface area contributed by atoms with Crippen molar-refractivity contribution in [2.75, 3.05) is 57.0 Å². The van der Waals surface area contributed by atoms with Crippen LogP contribution >= 0.6 is 23.2 Å². The molecule has 2 N–H and O–H groups in total. The molecule has 40 heavy (non-hydrogen) atoms. The lowest BCUT2D eigenvalue weighted by atomic mass is 9.92. The molecule has 210 valence electrons. The Labute approximate surface area is 245 Å². The Morgan fingerprint density at radius 3 is 1.93 bits per heavy atom. The molecule has 0 spiro atoms. The molecule has 0 bridgehead atoms. The van der Waals surface area contributed by atoms with Gasteiger partial charge in [0.1, 0.15) is 0 Å². The molecule has 2 aliphatic heterocycles. The number of hydrogen-bond acceptors (Lipinski definition) is 6. The number of likely N-dealkylation sites (tertiary alicyclic amines) is 1. The van der Waals surface area contributed by atoms with Gasteiger partial charge >= 0.3 is 0 Å².